The number of rotatable bonds is 4. The average Bonchev–Trinajstić information content (AvgIpc) is 2.55. The first-order chi connectivity index (χ1) is 10.3. The standard InChI is InChI=1S/C15H20BFO4/c17-13-5-6-14(16-20-8-3-9-21-16)12(10-13)11-19-15-4-1-2-7-18-15/h5-6,10,15H,1-4,7-9,11H2. The van der Waals surface area contributed by atoms with Gasteiger partial charge in [-0.2, -0.15) is 0 Å². The number of ether oxygens (including phenoxy) is 2. The molecular weight excluding hydrogens is 274 g/mol. The van der Waals surface area contributed by atoms with Crippen LogP contribution in [-0.4, -0.2) is 33.2 Å². The first-order valence-electron chi connectivity index (χ1n) is 7.58. The van der Waals surface area contributed by atoms with Crippen LogP contribution in [0.5, 0.6) is 0 Å². The minimum Gasteiger partial charge on any atom is -0.407 e. The Morgan fingerprint density at radius 2 is 2.00 bits per heavy atom. The quantitative estimate of drug-likeness (QED) is 0.796. The first kappa shape index (κ1) is 15.0. The molecule has 21 heavy (non-hydrogen) atoms. The van der Waals surface area contributed by atoms with Gasteiger partial charge < -0.3 is 18.8 Å². The number of halogens is 1. The first-order valence-corrected chi connectivity index (χ1v) is 7.58. The van der Waals surface area contributed by atoms with Crippen LogP contribution < -0.4 is 5.46 Å². The van der Waals surface area contributed by atoms with Crippen LogP contribution in [0.15, 0.2) is 18.2 Å². The molecule has 114 valence electrons. The molecule has 6 heteroatoms. The Morgan fingerprint density at radius 1 is 1.14 bits per heavy atom. The lowest BCUT2D eigenvalue weighted by molar-refractivity contribution is -0.168. The minimum absolute atomic E-state index is 0.192. The van der Waals surface area contributed by atoms with Gasteiger partial charge in [0.05, 0.1) is 6.61 Å². The molecule has 1 atom stereocenters. The maximum absolute atomic E-state index is 13.5. The Kier molecular flexibility index (Phi) is 5.25. The van der Waals surface area contributed by atoms with Crippen molar-refractivity contribution in [1.82, 2.24) is 0 Å². The van der Waals surface area contributed by atoms with Gasteiger partial charge in [0.25, 0.3) is 0 Å². The molecule has 0 radical (unpaired) electrons. The molecule has 4 nitrogen and oxygen atoms in total. The van der Waals surface area contributed by atoms with Crippen molar-refractivity contribution in [2.45, 2.75) is 38.6 Å². The summed E-state index contributed by atoms with van der Waals surface area (Å²) in [5.41, 5.74) is 1.60. The van der Waals surface area contributed by atoms with Crippen LogP contribution in [-0.2, 0) is 25.4 Å². The van der Waals surface area contributed by atoms with Crippen molar-refractivity contribution in [3.05, 3.63) is 29.6 Å². The highest BCUT2D eigenvalue weighted by atomic mass is 19.1. The van der Waals surface area contributed by atoms with Crippen LogP contribution in [0.2, 0.25) is 0 Å². The van der Waals surface area contributed by atoms with E-state index in [2.05, 4.69) is 0 Å². The van der Waals surface area contributed by atoms with E-state index in [0.29, 0.717) is 19.8 Å². The summed E-state index contributed by atoms with van der Waals surface area (Å²) in [6.07, 6.45) is 3.77. The summed E-state index contributed by atoms with van der Waals surface area (Å²) in [6, 6.07) is 4.63. The molecule has 2 fully saturated rings. The molecule has 1 aromatic carbocycles. The summed E-state index contributed by atoms with van der Waals surface area (Å²) in [5, 5.41) is 0. The monoisotopic (exact) mass is 294 g/mol. The van der Waals surface area contributed by atoms with E-state index in [1.807, 2.05) is 0 Å². The van der Waals surface area contributed by atoms with E-state index < -0.39 is 7.12 Å². The van der Waals surface area contributed by atoms with E-state index in [9.17, 15) is 4.39 Å². The minimum atomic E-state index is -0.426. The Morgan fingerprint density at radius 3 is 2.76 bits per heavy atom. The molecule has 2 aliphatic heterocycles. The summed E-state index contributed by atoms with van der Waals surface area (Å²) in [4.78, 5) is 0. The van der Waals surface area contributed by atoms with Crippen LogP contribution in [0.1, 0.15) is 31.2 Å². The zero-order valence-corrected chi connectivity index (χ0v) is 12.1. The summed E-state index contributed by atoms with van der Waals surface area (Å²) in [5.74, 6) is -0.280. The Labute approximate surface area is 124 Å². The predicted octanol–water partition coefficient (Wildman–Crippen LogP) is 2.00. The van der Waals surface area contributed by atoms with E-state index >= 15 is 0 Å². The van der Waals surface area contributed by atoms with Crippen LogP contribution in [0.4, 0.5) is 4.39 Å². The fourth-order valence-electron chi connectivity index (χ4n) is 2.62. The van der Waals surface area contributed by atoms with Gasteiger partial charge in [-0.1, -0.05) is 6.07 Å². The Balaban J connectivity index is 1.68. The van der Waals surface area contributed by atoms with Gasteiger partial charge in [0.1, 0.15) is 5.82 Å². The largest absolute Gasteiger partial charge is 0.494 e. The highest BCUT2D eigenvalue weighted by Gasteiger charge is 2.27. The van der Waals surface area contributed by atoms with Crippen LogP contribution in [0.25, 0.3) is 0 Å². The van der Waals surface area contributed by atoms with Crippen LogP contribution >= 0.6 is 0 Å². The second-order valence-corrected chi connectivity index (χ2v) is 5.38. The lowest BCUT2D eigenvalue weighted by atomic mass is 9.75. The maximum atomic E-state index is 13.5. The fourth-order valence-corrected chi connectivity index (χ4v) is 2.62. The number of benzene rings is 1. The summed E-state index contributed by atoms with van der Waals surface area (Å²) >= 11 is 0. The molecule has 0 saturated carbocycles. The predicted molar refractivity (Wildman–Crippen MR) is 76.7 cm³/mol. The fraction of sp³-hybridized carbons (Fsp3) is 0.600. The third-order valence-electron chi connectivity index (χ3n) is 3.75. The van der Waals surface area contributed by atoms with Crippen molar-refractivity contribution in [2.24, 2.45) is 0 Å². The SMILES string of the molecule is Fc1ccc(B2OCCCO2)c(COC2CCCCO2)c1. The van der Waals surface area contributed by atoms with Gasteiger partial charge in [-0.25, -0.2) is 4.39 Å². The average molecular weight is 294 g/mol. The lowest BCUT2D eigenvalue weighted by Crippen LogP contribution is -2.43. The topological polar surface area (TPSA) is 36.9 Å². The molecule has 0 aromatic heterocycles. The molecule has 0 amide bonds. The highest BCUT2D eigenvalue weighted by molar-refractivity contribution is 6.61. The molecule has 0 N–H and O–H groups in total. The van der Waals surface area contributed by atoms with Gasteiger partial charge in [0.15, 0.2) is 6.29 Å². The van der Waals surface area contributed by atoms with E-state index in [0.717, 1.165) is 43.3 Å². The van der Waals surface area contributed by atoms with E-state index in [1.54, 1.807) is 6.07 Å². The molecule has 0 spiro atoms. The molecule has 3 rings (SSSR count). The van der Waals surface area contributed by atoms with Crippen molar-refractivity contribution in [3.63, 3.8) is 0 Å². The normalized spacial score (nSPS) is 23.3. The maximum Gasteiger partial charge on any atom is 0.494 e. The van der Waals surface area contributed by atoms with E-state index in [-0.39, 0.29) is 12.1 Å². The van der Waals surface area contributed by atoms with Crippen molar-refractivity contribution in [3.8, 4) is 0 Å². The van der Waals surface area contributed by atoms with Crippen LogP contribution in [0.3, 0.4) is 0 Å². The van der Waals surface area contributed by atoms with Crippen molar-refractivity contribution >= 4 is 12.6 Å². The summed E-state index contributed by atoms with van der Waals surface area (Å²) < 4.78 is 36.0. The van der Waals surface area contributed by atoms with Crippen molar-refractivity contribution < 1.29 is 23.2 Å². The van der Waals surface area contributed by atoms with Gasteiger partial charge in [0.2, 0.25) is 0 Å². The van der Waals surface area contributed by atoms with Gasteiger partial charge in [-0.3, -0.25) is 0 Å². The second-order valence-electron chi connectivity index (χ2n) is 5.38. The lowest BCUT2D eigenvalue weighted by Gasteiger charge is -2.25. The third-order valence-corrected chi connectivity index (χ3v) is 3.75. The third kappa shape index (κ3) is 4.04. The summed E-state index contributed by atoms with van der Waals surface area (Å²) in [7, 11) is -0.426. The molecule has 1 aromatic rings. The van der Waals surface area contributed by atoms with Gasteiger partial charge >= 0.3 is 7.12 Å². The van der Waals surface area contributed by atoms with Gasteiger partial charge in [0, 0.05) is 19.8 Å². The molecule has 0 aliphatic carbocycles. The van der Waals surface area contributed by atoms with Gasteiger partial charge in [-0.15, -0.1) is 0 Å². The molecule has 2 aliphatic rings. The summed E-state index contributed by atoms with van der Waals surface area (Å²) in [6.45, 7) is 2.36. The number of hydrogen-bond donors (Lipinski definition) is 0. The molecule has 1 unspecified atom stereocenters. The van der Waals surface area contributed by atoms with Crippen molar-refractivity contribution in [2.75, 3.05) is 19.8 Å². The van der Waals surface area contributed by atoms with Gasteiger partial charge in [-0.05, 0) is 48.8 Å². The van der Waals surface area contributed by atoms with E-state index in [4.69, 9.17) is 18.8 Å². The molecule has 0 bridgehead atoms. The second kappa shape index (κ2) is 7.36. The zero-order valence-electron chi connectivity index (χ0n) is 12.1. The molecule has 2 heterocycles. The highest BCUT2D eigenvalue weighted by Crippen LogP contribution is 2.16. The Hall–Kier alpha value is -0.945. The molecular formula is C15H20BFO4. The van der Waals surface area contributed by atoms with E-state index in [1.165, 1.54) is 12.1 Å². The van der Waals surface area contributed by atoms with Crippen molar-refractivity contribution in [1.29, 1.82) is 0 Å². The molecule has 2 saturated heterocycles. The Bertz CT molecular complexity index is 459. The number of hydrogen-bond acceptors (Lipinski definition) is 4. The zero-order chi connectivity index (χ0) is 14.5. The smallest absolute Gasteiger partial charge is 0.407 e. The van der Waals surface area contributed by atoms with Crippen LogP contribution in [0, 0.1) is 5.82 Å².